The van der Waals surface area contributed by atoms with Crippen molar-refractivity contribution in [2.75, 3.05) is 5.32 Å². The number of nitrogens with one attached hydrogen (secondary N) is 1. The van der Waals surface area contributed by atoms with Gasteiger partial charge in [-0.15, -0.1) is 0 Å². The summed E-state index contributed by atoms with van der Waals surface area (Å²) in [6, 6.07) is 7.78. The van der Waals surface area contributed by atoms with Crippen molar-refractivity contribution in [3.8, 4) is 0 Å². The first-order chi connectivity index (χ1) is 7.12. The summed E-state index contributed by atoms with van der Waals surface area (Å²) in [5.41, 5.74) is 0.175. The molecule has 0 spiro atoms. The summed E-state index contributed by atoms with van der Waals surface area (Å²) in [5, 5.41) is 12.3. The summed E-state index contributed by atoms with van der Waals surface area (Å²) in [4.78, 5) is 11.1. The third kappa shape index (κ3) is 2.09. The molecule has 0 aromatic heterocycles. The fourth-order valence-corrected chi connectivity index (χ4v) is 2.31. The summed E-state index contributed by atoms with van der Waals surface area (Å²) >= 11 is 2.22. The minimum absolute atomic E-state index is 0.716. The van der Waals surface area contributed by atoms with E-state index in [-0.39, 0.29) is 0 Å². The second-order valence-corrected chi connectivity index (χ2v) is 5.12. The minimum Gasteiger partial charge on any atom is -0.480 e. The van der Waals surface area contributed by atoms with Crippen LogP contribution in [0.15, 0.2) is 24.3 Å². The van der Waals surface area contributed by atoms with Crippen LogP contribution < -0.4 is 5.32 Å². The van der Waals surface area contributed by atoms with E-state index in [1.54, 1.807) is 0 Å². The summed E-state index contributed by atoms with van der Waals surface area (Å²) < 4.78 is 1.11. The van der Waals surface area contributed by atoms with Crippen LogP contribution in [-0.4, -0.2) is 16.6 Å². The molecule has 3 nitrogen and oxygen atoms in total. The van der Waals surface area contributed by atoms with E-state index in [1.807, 2.05) is 24.3 Å². The minimum atomic E-state index is -0.743. The van der Waals surface area contributed by atoms with Crippen molar-refractivity contribution >= 4 is 34.2 Å². The Morgan fingerprint density at radius 1 is 1.47 bits per heavy atom. The zero-order valence-corrected chi connectivity index (χ0v) is 10.3. The van der Waals surface area contributed by atoms with Gasteiger partial charge in [-0.25, -0.2) is 4.79 Å². The van der Waals surface area contributed by atoms with E-state index in [0.29, 0.717) is 12.8 Å². The molecule has 0 radical (unpaired) electrons. The van der Waals surface area contributed by atoms with Gasteiger partial charge in [-0.3, -0.25) is 0 Å². The van der Waals surface area contributed by atoms with Gasteiger partial charge in [-0.2, -0.15) is 0 Å². The number of anilines is 1. The number of carbonyl (C=O) groups is 1. The standard InChI is InChI=1S/C11H12INO2/c12-8-3-1-4-9(7-8)13-11(10(14)15)5-2-6-11/h1,3-4,7,13H,2,5-6H2,(H,14,15). The molecule has 0 amide bonds. The Kier molecular flexibility index (Phi) is 2.86. The fraction of sp³-hybridized carbons (Fsp3) is 0.364. The number of rotatable bonds is 3. The van der Waals surface area contributed by atoms with E-state index in [2.05, 4.69) is 27.9 Å². The lowest BCUT2D eigenvalue weighted by molar-refractivity contribution is -0.145. The molecule has 1 aliphatic rings. The topological polar surface area (TPSA) is 49.3 Å². The zero-order valence-electron chi connectivity index (χ0n) is 8.16. The van der Waals surface area contributed by atoms with Crippen molar-refractivity contribution in [3.63, 3.8) is 0 Å². The monoisotopic (exact) mass is 317 g/mol. The smallest absolute Gasteiger partial charge is 0.329 e. The maximum absolute atomic E-state index is 11.1. The van der Waals surface area contributed by atoms with Gasteiger partial charge in [0, 0.05) is 9.26 Å². The molecule has 4 heteroatoms. The first-order valence-electron chi connectivity index (χ1n) is 4.90. The zero-order chi connectivity index (χ0) is 10.9. The van der Waals surface area contributed by atoms with Crippen LogP contribution in [0.2, 0.25) is 0 Å². The molecule has 0 saturated heterocycles. The van der Waals surface area contributed by atoms with Crippen LogP contribution in [0.4, 0.5) is 5.69 Å². The molecule has 1 aromatic rings. The molecule has 0 heterocycles. The number of hydrogen-bond acceptors (Lipinski definition) is 2. The highest BCUT2D eigenvalue weighted by Gasteiger charge is 2.44. The summed E-state index contributed by atoms with van der Waals surface area (Å²) in [6.07, 6.45) is 2.42. The molecule has 1 aliphatic carbocycles. The van der Waals surface area contributed by atoms with Crippen LogP contribution in [0.5, 0.6) is 0 Å². The second-order valence-electron chi connectivity index (χ2n) is 3.88. The van der Waals surface area contributed by atoms with Crippen molar-refractivity contribution in [1.82, 2.24) is 0 Å². The highest BCUT2D eigenvalue weighted by molar-refractivity contribution is 14.1. The highest BCUT2D eigenvalue weighted by atomic mass is 127. The Balaban J connectivity index is 2.17. The molecule has 2 N–H and O–H groups in total. The van der Waals surface area contributed by atoms with Gasteiger partial charge in [0.25, 0.3) is 0 Å². The molecule has 80 valence electrons. The number of halogens is 1. The molecule has 1 fully saturated rings. The third-order valence-corrected chi connectivity index (χ3v) is 3.50. The summed E-state index contributed by atoms with van der Waals surface area (Å²) in [5.74, 6) is -0.743. The third-order valence-electron chi connectivity index (χ3n) is 2.82. The van der Waals surface area contributed by atoms with Crippen molar-refractivity contribution in [2.24, 2.45) is 0 Å². The Hall–Kier alpha value is -0.780. The van der Waals surface area contributed by atoms with Gasteiger partial charge in [-0.05, 0) is 60.1 Å². The lowest BCUT2D eigenvalue weighted by atomic mass is 9.76. The highest BCUT2D eigenvalue weighted by Crippen LogP contribution is 2.35. The van der Waals surface area contributed by atoms with Crippen molar-refractivity contribution < 1.29 is 9.90 Å². The fourth-order valence-electron chi connectivity index (χ4n) is 1.77. The lowest BCUT2D eigenvalue weighted by Gasteiger charge is -2.39. The van der Waals surface area contributed by atoms with Gasteiger partial charge >= 0.3 is 5.97 Å². The molecule has 0 unspecified atom stereocenters. The Morgan fingerprint density at radius 3 is 2.67 bits per heavy atom. The summed E-state index contributed by atoms with van der Waals surface area (Å²) in [7, 11) is 0. The number of benzene rings is 1. The van der Waals surface area contributed by atoms with Gasteiger partial charge < -0.3 is 10.4 Å². The van der Waals surface area contributed by atoms with E-state index >= 15 is 0 Å². The SMILES string of the molecule is O=C(O)C1(Nc2cccc(I)c2)CCC1. The van der Waals surface area contributed by atoms with Gasteiger partial charge in [0.2, 0.25) is 0 Å². The average molecular weight is 317 g/mol. The molecular weight excluding hydrogens is 305 g/mol. The average Bonchev–Trinajstić information content (AvgIpc) is 2.11. The molecule has 15 heavy (non-hydrogen) atoms. The normalized spacial score (nSPS) is 17.9. The van der Waals surface area contributed by atoms with Crippen LogP contribution >= 0.6 is 22.6 Å². The summed E-state index contributed by atoms with van der Waals surface area (Å²) in [6.45, 7) is 0. The van der Waals surface area contributed by atoms with E-state index in [0.717, 1.165) is 15.7 Å². The number of carboxylic acids is 1. The maximum atomic E-state index is 11.1. The van der Waals surface area contributed by atoms with E-state index in [9.17, 15) is 4.79 Å². The van der Waals surface area contributed by atoms with E-state index in [1.165, 1.54) is 0 Å². The van der Waals surface area contributed by atoms with Crippen LogP contribution in [0.25, 0.3) is 0 Å². The van der Waals surface area contributed by atoms with Crippen LogP contribution in [0.1, 0.15) is 19.3 Å². The number of aliphatic carboxylic acids is 1. The van der Waals surface area contributed by atoms with Crippen molar-refractivity contribution in [3.05, 3.63) is 27.8 Å². The number of hydrogen-bond donors (Lipinski definition) is 2. The maximum Gasteiger partial charge on any atom is 0.329 e. The quantitative estimate of drug-likeness (QED) is 0.843. The van der Waals surface area contributed by atoms with Crippen molar-refractivity contribution in [2.45, 2.75) is 24.8 Å². The van der Waals surface area contributed by atoms with Crippen LogP contribution in [0, 0.1) is 3.57 Å². The Bertz CT molecular complexity index is 388. The molecule has 1 aromatic carbocycles. The molecule has 2 rings (SSSR count). The molecule has 1 saturated carbocycles. The predicted octanol–water partition coefficient (Wildman–Crippen LogP) is 2.71. The van der Waals surface area contributed by atoms with Gasteiger partial charge in [-0.1, -0.05) is 6.07 Å². The van der Waals surface area contributed by atoms with Crippen LogP contribution in [-0.2, 0) is 4.79 Å². The van der Waals surface area contributed by atoms with Gasteiger partial charge in [0.1, 0.15) is 5.54 Å². The van der Waals surface area contributed by atoms with Crippen LogP contribution in [0.3, 0.4) is 0 Å². The number of carboxylic acid groups (broad SMARTS) is 1. The van der Waals surface area contributed by atoms with Gasteiger partial charge in [0.15, 0.2) is 0 Å². The van der Waals surface area contributed by atoms with E-state index < -0.39 is 11.5 Å². The largest absolute Gasteiger partial charge is 0.480 e. The molecule has 0 bridgehead atoms. The lowest BCUT2D eigenvalue weighted by Crippen LogP contribution is -2.52. The second kappa shape index (κ2) is 4.00. The molecular formula is C11H12INO2. The first-order valence-corrected chi connectivity index (χ1v) is 5.97. The van der Waals surface area contributed by atoms with Crippen molar-refractivity contribution in [1.29, 1.82) is 0 Å². The molecule has 0 atom stereocenters. The van der Waals surface area contributed by atoms with E-state index in [4.69, 9.17) is 5.11 Å². The Labute approximate surface area is 102 Å². The van der Waals surface area contributed by atoms with Gasteiger partial charge in [0.05, 0.1) is 0 Å². The molecule has 0 aliphatic heterocycles. The predicted molar refractivity (Wildman–Crippen MR) is 67.0 cm³/mol. The first kappa shape index (κ1) is 10.7. The Morgan fingerprint density at radius 2 is 2.20 bits per heavy atom.